The number of urea groups is 1. The molecule has 104 valence electrons. The van der Waals surface area contributed by atoms with Gasteiger partial charge in [0.15, 0.2) is 0 Å². The molecule has 3 rings (SSSR count). The van der Waals surface area contributed by atoms with Crippen LogP contribution in [0.3, 0.4) is 0 Å². The van der Waals surface area contributed by atoms with Crippen molar-refractivity contribution >= 4 is 17.8 Å². The first-order valence-corrected chi connectivity index (χ1v) is 6.85. The van der Waals surface area contributed by atoms with Gasteiger partial charge in [-0.2, -0.15) is 0 Å². The Kier molecular flexibility index (Phi) is 2.12. The first kappa shape index (κ1) is 12.6. The topological polar surface area (TPSA) is 66.5 Å². The Morgan fingerprint density at radius 2 is 1.58 bits per heavy atom. The molecule has 0 radical (unpaired) electrons. The Hall–Kier alpha value is -1.39. The van der Waals surface area contributed by atoms with Crippen molar-refractivity contribution in [3.63, 3.8) is 0 Å². The zero-order valence-corrected chi connectivity index (χ0v) is 11.9. The predicted molar refractivity (Wildman–Crippen MR) is 68.0 cm³/mol. The van der Waals surface area contributed by atoms with Crippen LogP contribution in [0.5, 0.6) is 0 Å². The van der Waals surface area contributed by atoms with Gasteiger partial charge in [0, 0.05) is 0 Å². The van der Waals surface area contributed by atoms with Crippen molar-refractivity contribution in [3.8, 4) is 0 Å². The summed E-state index contributed by atoms with van der Waals surface area (Å²) in [4.78, 5) is 38.0. The van der Waals surface area contributed by atoms with Crippen LogP contribution in [0.4, 0.5) is 4.79 Å². The summed E-state index contributed by atoms with van der Waals surface area (Å²) >= 11 is 0. The molecule has 0 unspecified atom stereocenters. The quantitative estimate of drug-likeness (QED) is 0.733. The zero-order valence-electron chi connectivity index (χ0n) is 11.9. The molecule has 5 heteroatoms. The summed E-state index contributed by atoms with van der Waals surface area (Å²) in [5.74, 6) is -0.683. The van der Waals surface area contributed by atoms with Crippen LogP contribution in [0.1, 0.15) is 47.0 Å². The number of rotatable bonds is 1. The summed E-state index contributed by atoms with van der Waals surface area (Å²) in [6, 6.07) is -0.672. The second-order valence-electron chi connectivity index (χ2n) is 7.22. The van der Waals surface area contributed by atoms with E-state index < -0.39 is 17.4 Å². The third kappa shape index (κ3) is 1.23. The average molecular weight is 264 g/mol. The monoisotopic (exact) mass is 264 g/mol. The van der Waals surface area contributed by atoms with Gasteiger partial charge in [0.05, 0.1) is 6.04 Å². The fourth-order valence-corrected chi connectivity index (χ4v) is 3.71. The molecular formula is C14H20N2O3. The highest BCUT2D eigenvalue weighted by molar-refractivity contribution is 6.20. The molecule has 1 spiro atoms. The Labute approximate surface area is 112 Å². The second kappa shape index (κ2) is 3.19. The van der Waals surface area contributed by atoms with E-state index in [1.54, 1.807) is 0 Å². The first-order valence-electron chi connectivity index (χ1n) is 6.85. The number of hydrogen-bond acceptors (Lipinski definition) is 3. The van der Waals surface area contributed by atoms with Crippen molar-refractivity contribution in [2.45, 2.75) is 53.0 Å². The Morgan fingerprint density at radius 3 is 1.95 bits per heavy atom. The lowest BCUT2D eigenvalue weighted by molar-refractivity contribution is -0.158. The third-order valence-electron chi connectivity index (χ3n) is 5.91. The molecule has 0 bridgehead atoms. The fourth-order valence-electron chi connectivity index (χ4n) is 3.71. The third-order valence-corrected chi connectivity index (χ3v) is 5.91. The Bertz CT molecular complexity index is 489. The van der Waals surface area contributed by atoms with Crippen LogP contribution in [0.2, 0.25) is 0 Å². The largest absolute Gasteiger partial charge is 0.331 e. The van der Waals surface area contributed by atoms with Crippen LogP contribution >= 0.6 is 0 Å². The SMILES string of the molecule is CC1(C)C(N2C(=O)NC(=O)C3(CCC3)C2=O)C1(C)C. The molecule has 3 fully saturated rings. The van der Waals surface area contributed by atoms with Crippen molar-refractivity contribution in [2.24, 2.45) is 16.2 Å². The summed E-state index contributed by atoms with van der Waals surface area (Å²) in [5, 5.41) is 2.38. The van der Waals surface area contributed by atoms with Crippen LogP contribution in [-0.2, 0) is 9.59 Å². The number of barbiturate groups is 1. The number of amides is 4. The van der Waals surface area contributed by atoms with E-state index in [0.717, 1.165) is 6.42 Å². The van der Waals surface area contributed by atoms with E-state index in [9.17, 15) is 14.4 Å². The van der Waals surface area contributed by atoms with E-state index in [0.29, 0.717) is 12.8 Å². The molecule has 4 amide bonds. The summed E-state index contributed by atoms with van der Waals surface area (Å²) < 4.78 is 0. The maximum atomic E-state index is 12.7. The van der Waals surface area contributed by atoms with E-state index >= 15 is 0 Å². The lowest BCUT2D eigenvalue weighted by Gasteiger charge is -2.45. The van der Waals surface area contributed by atoms with Gasteiger partial charge in [0.25, 0.3) is 0 Å². The number of nitrogens with zero attached hydrogens (tertiary/aromatic N) is 1. The highest BCUT2D eigenvalue weighted by atomic mass is 16.2. The van der Waals surface area contributed by atoms with Gasteiger partial charge in [0.1, 0.15) is 5.41 Å². The maximum Gasteiger partial charge on any atom is 0.331 e. The molecule has 2 saturated carbocycles. The lowest BCUT2D eigenvalue weighted by atomic mass is 9.66. The molecule has 0 aromatic heterocycles. The molecular weight excluding hydrogens is 244 g/mol. The highest BCUT2D eigenvalue weighted by Crippen LogP contribution is 2.66. The minimum Gasteiger partial charge on any atom is -0.277 e. The summed E-state index contributed by atoms with van der Waals surface area (Å²) in [6.07, 6.45) is 2.00. The standard InChI is InChI=1S/C14H20N2O3/c1-12(2)8(13(12,3)4)16-10(18)14(6-5-7-14)9(17)15-11(16)19/h8H,5-7H2,1-4H3,(H,15,17,19). The van der Waals surface area contributed by atoms with Gasteiger partial charge in [-0.1, -0.05) is 34.1 Å². The molecule has 0 atom stereocenters. The van der Waals surface area contributed by atoms with E-state index in [-0.39, 0.29) is 22.8 Å². The van der Waals surface area contributed by atoms with Crippen molar-refractivity contribution in [3.05, 3.63) is 0 Å². The minimum absolute atomic E-state index is 0.106. The van der Waals surface area contributed by atoms with Gasteiger partial charge < -0.3 is 0 Å². The molecule has 0 aromatic rings. The molecule has 19 heavy (non-hydrogen) atoms. The van der Waals surface area contributed by atoms with Crippen LogP contribution in [-0.4, -0.2) is 28.8 Å². The molecule has 1 aliphatic heterocycles. The smallest absolute Gasteiger partial charge is 0.277 e. The Morgan fingerprint density at radius 1 is 1.05 bits per heavy atom. The van der Waals surface area contributed by atoms with Gasteiger partial charge in [0.2, 0.25) is 11.8 Å². The number of carbonyl (C=O) groups is 3. The molecule has 1 N–H and O–H groups in total. The van der Waals surface area contributed by atoms with Gasteiger partial charge >= 0.3 is 6.03 Å². The number of nitrogens with one attached hydrogen (secondary N) is 1. The number of carbonyl (C=O) groups excluding carboxylic acids is 3. The maximum absolute atomic E-state index is 12.7. The van der Waals surface area contributed by atoms with Crippen molar-refractivity contribution in [1.82, 2.24) is 10.2 Å². The first-order chi connectivity index (χ1) is 8.66. The molecule has 0 aromatic carbocycles. The van der Waals surface area contributed by atoms with Gasteiger partial charge in [-0.15, -0.1) is 0 Å². The summed E-state index contributed by atoms with van der Waals surface area (Å²) in [7, 11) is 0. The fraction of sp³-hybridized carbons (Fsp3) is 0.786. The number of hydrogen-bond donors (Lipinski definition) is 1. The van der Waals surface area contributed by atoms with E-state index in [2.05, 4.69) is 33.0 Å². The summed E-state index contributed by atoms with van der Waals surface area (Å²) in [6.45, 7) is 8.23. The summed E-state index contributed by atoms with van der Waals surface area (Å²) in [5.41, 5.74) is -1.17. The van der Waals surface area contributed by atoms with E-state index in [1.165, 1.54) is 4.90 Å². The molecule has 1 heterocycles. The average Bonchev–Trinajstić information content (AvgIpc) is 2.58. The normalized spacial score (nSPS) is 31.2. The second-order valence-corrected chi connectivity index (χ2v) is 7.22. The van der Waals surface area contributed by atoms with Gasteiger partial charge in [-0.3, -0.25) is 19.8 Å². The van der Waals surface area contributed by atoms with E-state index in [4.69, 9.17) is 0 Å². The number of imide groups is 2. The molecule has 2 aliphatic carbocycles. The minimum atomic E-state index is -0.956. The molecule has 1 saturated heterocycles. The highest BCUT2D eigenvalue weighted by Gasteiger charge is 2.72. The van der Waals surface area contributed by atoms with Crippen LogP contribution in [0.25, 0.3) is 0 Å². The van der Waals surface area contributed by atoms with Gasteiger partial charge in [-0.05, 0) is 23.7 Å². The van der Waals surface area contributed by atoms with E-state index in [1.807, 2.05) is 0 Å². The lowest BCUT2D eigenvalue weighted by Crippen LogP contribution is -2.67. The van der Waals surface area contributed by atoms with Gasteiger partial charge in [-0.25, -0.2) is 4.79 Å². The van der Waals surface area contributed by atoms with Crippen molar-refractivity contribution in [1.29, 1.82) is 0 Å². The van der Waals surface area contributed by atoms with Crippen molar-refractivity contribution < 1.29 is 14.4 Å². The zero-order chi connectivity index (χ0) is 14.2. The molecule has 5 nitrogen and oxygen atoms in total. The molecule has 3 aliphatic rings. The van der Waals surface area contributed by atoms with Crippen LogP contribution in [0, 0.1) is 16.2 Å². The Balaban J connectivity index is 1.96. The van der Waals surface area contributed by atoms with Crippen LogP contribution < -0.4 is 5.32 Å². The predicted octanol–water partition coefficient (Wildman–Crippen LogP) is 1.67. The van der Waals surface area contributed by atoms with Crippen molar-refractivity contribution in [2.75, 3.05) is 0 Å². The van der Waals surface area contributed by atoms with Crippen LogP contribution in [0.15, 0.2) is 0 Å².